The maximum atomic E-state index is 14.6. The molecule has 0 spiro atoms. The summed E-state index contributed by atoms with van der Waals surface area (Å²) in [5.41, 5.74) is 19.5. The monoisotopic (exact) mass is 666 g/mol. The molecule has 4 aromatic rings. The van der Waals surface area contributed by atoms with Gasteiger partial charge in [-0.05, 0) is 70.6 Å². The van der Waals surface area contributed by atoms with Crippen molar-refractivity contribution < 1.29 is 28.2 Å². The molecule has 0 saturated carbocycles. The van der Waals surface area contributed by atoms with Crippen LogP contribution >= 0.6 is 0 Å². The van der Waals surface area contributed by atoms with Crippen molar-refractivity contribution in [1.82, 2.24) is 5.32 Å². The Morgan fingerprint density at radius 2 is 1.69 bits per heavy atom. The molecule has 0 unspecified atom stereocenters. The normalized spacial score (nSPS) is 16.5. The van der Waals surface area contributed by atoms with Crippen molar-refractivity contribution in [3.05, 3.63) is 151 Å². The van der Waals surface area contributed by atoms with Crippen LogP contribution in [-0.4, -0.2) is 42.2 Å². The minimum atomic E-state index is -1.70. The van der Waals surface area contributed by atoms with Gasteiger partial charge in [0, 0.05) is 58.7 Å². The van der Waals surface area contributed by atoms with Crippen molar-refractivity contribution in [3.8, 4) is 5.75 Å². The van der Waals surface area contributed by atoms with E-state index in [1.807, 2.05) is 0 Å². The summed E-state index contributed by atoms with van der Waals surface area (Å²) in [7, 11) is 0. The number of halogens is 2. The molecule has 1 aliphatic rings. The number of ether oxygens (including phenoxy) is 2. The molecule has 14 heteroatoms. The summed E-state index contributed by atoms with van der Waals surface area (Å²) in [5, 5.41) is 19.6. The van der Waals surface area contributed by atoms with E-state index < -0.39 is 29.2 Å². The smallest absolute Gasteiger partial charge is 0.252 e. The van der Waals surface area contributed by atoms with Gasteiger partial charge < -0.3 is 19.9 Å². The van der Waals surface area contributed by atoms with Gasteiger partial charge in [-0.2, -0.15) is 0 Å². The van der Waals surface area contributed by atoms with E-state index >= 15 is 0 Å². The molecule has 4 aromatic carbocycles. The van der Waals surface area contributed by atoms with Crippen LogP contribution in [-0.2, 0) is 28.9 Å². The first kappa shape index (κ1) is 34.4. The molecule has 49 heavy (non-hydrogen) atoms. The first-order valence-corrected chi connectivity index (χ1v) is 15.4. The molecule has 0 aliphatic carbocycles. The number of aliphatic hydroxyl groups excluding tert-OH is 1. The average Bonchev–Trinajstić information content (AvgIpc) is 3.48. The van der Waals surface area contributed by atoms with Gasteiger partial charge in [-0.1, -0.05) is 58.8 Å². The van der Waals surface area contributed by atoms with Gasteiger partial charge >= 0.3 is 0 Å². The van der Waals surface area contributed by atoms with E-state index in [4.69, 9.17) is 25.1 Å². The lowest BCUT2D eigenvalue weighted by Crippen LogP contribution is -2.50. The number of carbonyl (C=O) groups excluding carboxylic acids is 1. The summed E-state index contributed by atoms with van der Waals surface area (Å²) >= 11 is 0. The number of rotatable bonds is 15. The Morgan fingerprint density at radius 1 is 0.980 bits per heavy atom. The van der Waals surface area contributed by atoms with Gasteiger partial charge in [0.15, 0.2) is 11.6 Å². The number of carbonyl (C=O) groups is 1. The molecule has 0 aromatic heterocycles. The fraction of sp³-hybridized carbons (Fsp3) is 0.257. The Balaban J connectivity index is 1.61. The molecule has 2 atom stereocenters. The molecule has 5 rings (SSSR count). The maximum Gasteiger partial charge on any atom is 0.252 e. The third-order valence-corrected chi connectivity index (χ3v) is 7.91. The topological polar surface area (TPSA) is 178 Å². The highest BCUT2D eigenvalue weighted by atomic mass is 19.1. The van der Waals surface area contributed by atoms with Crippen molar-refractivity contribution in [2.24, 2.45) is 15.2 Å². The van der Waals surface area contributed by atoms with Crippen LogP contribution in [0, 0.1) is 11.6 Å². The number of aliphatic hydroxyl groups is 1. The van der Waals surface area contributed by atoms with Crippen LogP contribution in [0.5, 0.6) is 5.75 Å². The SMILES string of the molecule is [N-]=[N+]=NCc1ccccc1C[C@@]1(C(=O)NCCc2cc(F)cc(F)c2)N=C(c2ccc(OCCCO)cc2)O[C@@H]1c1ccccc1N=[N+]=[N-]. The molecule has 1 amide bonds. The zero-order chi connectivity index (χ0) is 34.6. The van der Waals surface area contributed by atoms with E-state index in [0.717, 1.165) is 6.07 Å². The molecule has 0 bridgehead atoms. The first-order valence-electron chi connectivity index (χ1n) is 15.4. The molecule has 1 aliphatic heterocycles. The minimum absolute atomic E-state index is 0.00327. The second kappa shape index (κ2) is 16.2. The Kier molecular flexibility index (Phi) is 11.4. The number of hydrogen-bond donors (Lipinski definition) is 2. The average molecular weight is 667 g/mol. The summed E-state index contributed by atoms with van der Waals surface area (Å²) in [6, 6.07) is 23.9. The van der Waals surface area contributed by atoms with Crippen molar-refractivity contribution in [1.29, 1.82) is 0 Å². The van der Waals surface area contributed by atoms with Crippen molar-refractivity contribution in [3.63, 3.8) is 0 Å². The van der Waals surface area contributed by atoms with E-state index in [1.54, 1.807) is 72.8 Å². The van der Waals surface area contributed by atoms with E-state index in [1.165, 1.54) is 12.1 Å². The number of azide groups is 2. The standard InChI is InChI=1S/C35H32F2N8O4/c36-27-18-23(19-28(37)20-27)14-15-40-34(47)35(21-25-6-1-2-7-26(25)22-41-44-38)32(30-8-3-4-9-31(30)43-45-39)49-33(42-35)24-10-12-29(13-11-24)48-17-5-16-46/h1-4,6-13,18-20,32,46H,5,14-17,21-22H2,(H,40,47)/t32-,35-/m1/s1. The van der Waals surface area contributed by atoms with E-state index in [2.05, 4.69) is 25.4 Å². The number of amides is 1. The Bertz CT molecular complexity index is 1910. The number of nitrogens with one attached hydrogen (secondary N) is 1. The molecule has 250 valence electrons. The second-order valence-electron chi connectivity index (χ2n) is 11.2. The number of nitrogens with zero attached hydrogens (tertiary/aromatic N) is 7. The van der Waals surface area contributed by atoms with Crippen LogP contribution in [0.3, 0.4) is 0 Å². The molecule has 0 fully saturated rings. The molecule has 0 saturated heterocycles. The van der Waals surface area contributed by atoms with Gasteiger partial charge in [-0.15, -0.1) is 0 Å². The molecule has 0 radical (unpaired) electrons. The van der Waals surface area contributed by atoms with Gasteiger partial charge in [0.1, 0.15) is 17.4 Å². The van der Waals surface area contributed by atoms with Crippen LogP contribution < -0.4 is 10.1 Å². The fourth-order valence-electron chi connectivity index (χ4n) is 5.62. The number of hydrogen-bond acceptors (Lipinski definition) is 7. The third-order valence-electron chi connectivity index (χ3n) is 7.91. The Hall–Kier alpha value is -5.94. The van der Waals surface area contributed by atoms with Crippen molar-refractivity contribution in [2.75, 3.05) is 19.8 Å². The molecule has 12 nitrogen and oxygen atoms in total. The molecule has 2 N–H and O–H groups in total. The van der Waals surface area contributed by atoms with Crippen LogP contribution in [0.25, 0.3) is 20.9 Å². The highest BCUT2D eigenvalue weighted by molar-refractivity contribution is 6.01. The zero-order valence-corrected chi connectivity index (χ0v) is 26.2. The van der Waals surface area contributed by atoms with Gasteiger partial charge in [0.05, 0.1) is 13.2 Å². The highest BCUT2D eigenvalue weighted by Gasteiger charge is 2.54. The lowest BCUT2D eigenvalue weighted by Gasteiger charge is -2.32. The van der Waals surface area contributed by atoms with Gasteiger partial charge in [-0.25, -0.2) is 13.8 Å². The summed E-state index contributed by atoms with van der Waals surface area (Å²) in [4.78, 5) is 25.4. The summed E-state index contributed by atoms with van der Waals surface area (Å²) in [6.45, 7) is 0.354. The van der Waals surface area contributed by atoms with Crippen molar-refractivity contribution in [2.45, 2.75) is 37.5 Å². The van der Waals surface area contributed by atoms with Gasteiger partial charge in [-0.3, -0.25) is 4.79 Å². The Morgan fingerprint density at radius 3 is 2.41 bits per heavy atom. The maximum absolute atomic E-state index is 14.6. The fourth-order valence-corrected chi connectivity index (χ4v) is 5.62. The largest absolute Gasteiger partial charge is 0.494 e. The van der Waals surface area contributed by atoms with Crippen LogP contribution in [0.15, 0.2) is 106 Å². The van der Waals surface area contributed by atoms with Gasteiger partial charge in [0.2, 0.25) is 5.90 Å². The van der Waals surface area contributed by atoms with E-state index in [0.29, 0.717) is 46.6 Å². The second-order valence-corrected chi connectivity index (χ2v) is 11.2. The summed E-state index contributed by atoms with van der Waals surface area (Å²) < 4.78 is 40.0. The van der Waals surface area contributed by atoms with E-state index in [9.17, 15) is 19.1 Å². The van der Waals surface area contributed by atoms with Crippen LogP contribution in [0.1, 0.15) is 40.3 Å². The van der Waals surface area contributed by atoms with Crippen LogP contribution in [0.2, 0.25) is 0 Å². The number of aliphatic imine (C=N–C) groups is 1. The third kappa shape index (κ3) is 8.32. The lowest BCUT2D eigenvalue weighted by atomic mass is 9.80. The first-order chi connectivity index (χ1) is 23.9. The molecule has 1 heterocycles. The Labute approximate surface area is 280 Å². The molecular weight excluding hydrogens is 634 g/mol. The summed E-state index contributed by atoms with van der Waals surface area (Å²) in [5.74, 6) is -1.31. The van der Waals surface area contributed by atoms with E-state index in [-0.39, 0.29) is 44.1 Å². The zero-order valence-electron chi connectivity index (χ0n) is 26.2. The molecular formula is C35H32F2N8O4. The minimum Gasteiger partial charge on any atom is -0.494 e. The quantitative estimate of drug-likeness (QED) is 0.0584. The van der Waals surface area contributed by atoms with Gasteiger partial charge in [0.25, 0.3) is 5.91 Å². The lowest BCUT2D eigenvalue weighted by molar-refractivity contribution is -0.128. The van der Waals surface area contributed by atoms with Crippen molar-refractivity contribution >= 4 is 17.5 Å². The number of benzene rings is 4. The predicted octanol–water partition coefficient (Wildman–Crippen LogP) is 7.34. The highest BCUT2D eigenvalue weighted by Crippen LogP contribution is 2.45. The summed E-state index contributed by atoms with van der Waals surface area (Å²) in [6.07, 6.45) is -0.537. The van der Waals surface area contributed by atoms with Crippen LogP contribution in [0.4, 0.5) is 14.5 Å². The predicted molar refractivity (Wildman–Crippen MR) is 178 cm³/mol.